The van der Waals surface area contributed by atoms with Gasteiger partial charge in [-0.05, 0) is 24.6 Å². The molecule has 0 saturated carbocycles. The van der Waals surface area contributed by atoms with E-state index in [1.807, 2.05) is 25.1 Å². The van der Waals surface area contributed by atoms with Gasteiger partial charge in [0.25, 0.3) is 5.91 Å². The number of hydrogen-bond donors (Lipinski definition) is 1. The van der Waals surface area contributed by atoms with Gasteiger partial charge in [0, 0.05) is 52.4 Å². The van der Waals surface area contributed by atoms with Gasteiger partial charge in [-0.3, -0.25) is 9.69 Å². The molecule has 1 N–H and O–H groups in total. The molecule has 0 aliphatic carbocycles. The Hall–Kier alpha value is -2.95. The van der Waals surface area contributed by atoms with Crippen molar-refractivity contribution >= 4 is 39.0 Å². The molecule has 0 radical (unpaired) electrons. The number of para-hydroxylation sites is 2. The van der Waals surface area contributed by atoms with Crippen molar-refractivity contribution in [2.24, 2.45) is 0 Å². The summed E-state index contributed by atoms with van der Waals surface area (Å²) in [5.41, 5.74) is 2.07. The highest BCUT2D eigenvalue weighted by atomic mass is 32.1. The molecule has 186 valence electrons. The number of hydrogen-bond acceptors (Lipinski definition) is 9. The number of fused-ring (bicyclic) bond motifs is 1. The monoisotopic (exact) mass is 496 g/mol. The van der Waals surface area contributed by atoms with Crippen LogP contribution in [0.2, 0.25) is 0 Å². The molecule has 2 saturated heterocycles. The summed E-state index contributed by atoms with van der Waals surface area (Å²) in [5, 5.41) is 4.08. The van der Waals surface area contributed by atoms with Gasteiger partial charge >= 0.3 is 0 Å². The van der Waals surface area contributed by atoms with E-state index in [2.05, 4.69) is 36.1 Å². The first kappa shape index (κ1) is 23.8. The van der Waals surface area contributed by atoms with Gasteiger partial charge in [-0.1, -0.05) is 12.1 Å². The summed E-state index contributed by atoms with van der Waals surface area (Å²) >= 11 is 1.45. The summed E-state index contributed by atoms with van der Waals surface area (Å²) in [6.07, 6.45) is 1.61. The number of carbonyl (C=O) groups excluding carboxylic acids is 1. The standard InChI is InChI=1S/C25H32N6O3S/c1-18-21-23(31-11-9-30(10-12-31)19-5-3-4-6-20(19)33-2)27-17-28-25(21)35-22(18)24(32)26-7-8-29-13-15-34-16-14-29/h3-6,17H,7-16H2,1-2H3,(H,26,32). The third-order valence-electron chi connectivity index (χ3n) is 6.74. The third kappa shape index (κ3) is 5.05. The van der Waals surface area contributed by atoms with Crippen molar-refractivity contribution in [3.63, 3.8) is 0 Å². The first-order valence-electron chi connectivity index (χ1n) is 12.1. The van der Waals surface area contributed by atoms with E-state index >= 15 is 0 Å². The van der Waals surface area contributed by atoms with Crippen LogP contribution in [0.25, 0.3) is 10.2 Å². The Labute approximate surface area is 209 Å². The minimum absolute atomic E-state index is 0.0364. The molecule has 2 aliphatic rings. The Morgan fingerprint density at radius 2 is 1.83 bits per heavy atom. The van der Waals surface area contributed by atoms with E-state index in [9.17, 15) is 4.79 Å². The van der Waals surface area contributed by atoms with Gasteiger partial charge in [0.1, 0.15) is 22.7 Å². The number of carbonyl (C=O) groups is 1. The highest BCUT2D eigenvalue weighted by molar-refractivity contribution is 7.20. The molecule has 10 heteroatoms. The fraction of sp³-hybridized carbons (Fsp3) is 0.480. The predicted molar refractivity (Wildman–Crippen MR) is 139 cm³/mol. The number of nitrogens with zero attached hydrogens (tertiary/aromatic N) is 5. The van der Waals surface area contributed by atoms with Crippen LogP contribution in [0.5, 0.6) is 5.75 Å². The molecule has 3 aromatic rings. The number of piperazine rings is 1. The van der Waals surface area contributed by atoms with Crippen LogP contribution in [0.1, 0.15) is 15.2 Å². The van der Waals surface area contributed by atoms with Crippen LogP contribution in [0.3, 0.4) is 0 Å². The second kappa shape index (κ2) is 10.8. The molecule has 0 unspecified atom stereocenters. The quantitative estimate of drug-likeness (QED) is 0.534. The van der Waals surface area contributed by atoms with E-state index in [-0.39, 0.29) is 5.91 Å². The number of aromatic nitrogens is 2. The molecule has 1 amide bonds. The Morgan fingerprint density at radius 1 is 1.09 bits per heavy atom. The average Bonchev–Trinajstić information content (AvgIpc) is 3.26. The number of aryl methyl sites for hydroxylation is 1. The lowest BCUT2D eigenvalue weighted by Crippen LogP contribution is -2.47. The molecule has 0 atom stereocenters. The smallest absolute Gasteiger partial charge is 0.261 e. The summed E-state index contributed by atoms with van der Waals surface area (Å²) in [5.74, 6) is 1.77. The first-order valence-corrected chi connectivity index (χ1v) is 12.9. The van der Waals surface area contributed by atoms with Crippen molar-refractivity contribution in [3.8, 4) is 5.75 Å². The van der Waals surface area contributed by atoms with Crippen molar-refractivity contribution in [2.45, 2.75) is 6.92 Å². The van der Waals surface area contributed by atoms with Crippen molar-refractivity contribution < 1.29 is 14.3 Å². The number of thiophene rings is 1. The van der Waals surface area contributed by atoms with Crippen molar-refractivity contribution in [2.75, 3.05) is 82.5 Å². The van der Waals surface area contributed by atoms with Gasteiger partial charge in [0.05, 0.1) is 36.3 Å². The number of benzene rings is 1. The van der Waals surface area contributed by atoms with Crippen molar-refractivity contribution in [1.82, 2.24) is 20.2 Å². The molecular formula is C25H32N6O3S. The number of methoxy groups -OCH3 is 1. The highest BCUT2D eigenvalue weighted by Gasteiger charge is 2.25. The van der Waals surface area contributed by atoms with Gasteiger partial charge in [-0.2, -0.15) is 0 Å². The summed E-state index contributed by atoms with van der Waals surface area (Å²) in [6.45, 7) is 10.2. The molecule has 2 fully saturated rings. The fourth-order valence-electron chi connectivity index (χ4n) is 4.79. The van der Waals surface area contributed by atoms with Crippen LogP contribution in [0, 0.1) is 6.92 Å². The van der Waals surface area contributed by atoms with Crippen LogP contribution >= 0.6 is 11.3 Å². The Morgan fingerprint density at radius 3 is 2.60 bits per heavy atom. The SMILES string of the molecule is COc1ccccc1N1CCN(c2ncnc3sc(C(=O)NCCN4CCOCC4)c(C)c23)CC1. The Bertz CT molecular complexity index is 1170. The van der Waals surface area contributed by atoms with Crippen molar-refractivity contribution in [3.05, 3.63) is 41.0 Å². The third-order valence-corrected chi connectivity index (χ3v) is 7.93. The number of ether oxygens (including phenoxy) is 2. The van der Waals surface area contributed by atoms with E-state index in [0.717, 1.165) is 96.9 Å². The summed E-state index contributed by atoms with van der Waals surface area (Å²) in [4.78, 5) is 30.7. The minimum atomic E-state index is -0.0364. The normalized spacial score (nSPS) is 17.1. The first-order chi connectivity index (χ1) is 17.2. The lowest BCUT2D eigenvalue weighted by atomic mass is 10.1. The number of rotatable bonds is 7. The second-order valence-corrected chi connectivity index (χ2v) is 9.79. The summed E-state index contributed by atoms with van der Waals surface area (Å²) < 4.78 is 10.9. The summed E-state index contributed by atoms with van der Waals surface area (Å²) in [6, 6.07) is 8.13. The van der Waals surface area contributed by atoms with Gasteiger partial charge in [-0.25, -0.2) is 9.97 Å². The average molecular weight is 497 g/mol. The number of amides is 1. The maximum atomic E-state index is 13.0. The van der Waals surface area contributed by atoms with E-state index in [4.69, 9.17) is 9.47 Å². The molecule has 2 aliphatic heterocycles. The largest absolute Gasteiger partial charge is 0.495 e. The molecule has 0 spiro atoms. The predicted octanol–water partition coefficient (Wildman–Crippen LogP) is 2.40. The minimum Gasteiger partial charge on any atom is -0.495 e. The second-order valence-electron chi connectivity index (χ2n) is 8.79. The molecular weight excluding hydrogens is 464 g/mol. The van der Waals surface area contributed by atoms with Gasteiger partial charge in [0.15, 0.2) is 0 Å². The van der Waals surface area contributed by atoms with E-state index in [0.29, 0.717) is 6.54 Å². The van der Waals surface area contributed by atoms with Crippen LogP contribution in [0.15, 0.2) is 30.6 Å². The van der Waals surface area contributed by atoms with Gasteiger partial charge < -0.3 is 24.6 Å². The van der Waals surface area contributed by atoms with Gasteiger partial charge in [-0.15, -0.1) is 11.3 Å². The Balaban J connectivity index is 1.28. The fourth-order valence-corrected chi connectivity index (χ4v) is 5.85. The maximum absolute atomic E-state index is 13.0. The van der Waals surface area contributed by atoms with Gasteiger partial charge in [0.2, 0.25) is 0 Å². The lowest BCUT2D eigenvalue weighted by Gasteiger charge is -2.37. The lowest BCUT2D eigenvalue weighted by molar-refractivity contribution is 0.0383. The zero-order valence-electron chi connectivity index (χ0n) is 20.3. The number of nitrogens with one attached hydrogen (secondary N) is 1. The van der Waals surface area contributed by atoms with E-state index in [1.165, 1.54) is 11.3 Å². The molecule has 1 aromatic carbocycles. The Kier molecular flexibility index (Phi) is 7.31. The van der Waals surface area contributed by atoms with Crippen LogP contribution < -0.4 is 19.9 Å². The maximum Gasteiger partial charge on any atom is 0.261 e. The van der Waals surface area contributed by atoms with Crippen LogP contribution in [-0.4, -0.2) is 93.5 Å². The molecule has 4 heterocycles. The number of anilines is 2. The number of morpholine rings is 1. The topological polar surface area (TPSA) is 83.1 Å². The molecule has 2 aromatic heterocycles. The molecule has 0 bridgehead atoms. The van der Waals surface area contributed by atoms with Crippen LogP contribution in [-0.2, 0) is 4.74 Å². The van der Waals surface area contributed by atoms with Crippen molar-refractivity contribution in [1.29, 1.82) is 0 Å². The highest BCUT2D eigenvalue weighted by Crippen LogP contribution is 2.36. The van der Waals surface area contributed by atoms with Crippen LogP contribution in [0.4, 0.5) is 11.5 Å². The zero-order chi connectivity index (χ0) is 24.2. The summed E-state index contributed by atoms with van der Waals surface area (Å²) in [7, 11) is 1.71. The molecule has 35 heavy (non-hydrogen) atoms. The molecule has 5 rings (SSSR count). The zero-order valence-corrected chi connectivity index (χ0v) is 21.1. The van der Waals surface area contributed by atoms with E-state index < -0.39 is 0 Å². The van der Waals surface area contributed by atoms with E-state index in [1.54, 1.807) is 13.4 Å². The molecule has 9 nitrogen and oxygen atoms in total.